The van der Waals surface area contributed by atoms with Crippen LogP contribution >= 0.6 is 0 Å². The summed E-state index contributed by atoms with van der Waals surface area (Å²) in [5.41, 5.74) is 1.48. The van der Waals surface area contributed by atoms with Crippen LogP contribution in [0.5, 0.6) is 0 Å². The molecule has 2 aromatic carbocycles. The standard InChI is InChI=1S/C17H23Si.2ClH.Zr/c1-5-18(4,16-9-7-6-8-10-16)17-12-11-15(13-17)14(2)3;;;/h6-14H,5H2,1-4H3;2*1H;/q-1;;;+3/p-2. The van der Waals surface area contributed by atoms with Gasteiger partial charge in [0, 0.05) is 8.07 Å². The zero-order valence-electron chi connectivity index (χ0n) is 13.2. The Kier molecular flexibility index (Phi) is 11.3. The Labute approximate surface area is 162 Å². The minimum absolute atomic E-state index is 0. The molecular formula is C17H23Cl2SiZr. The molecule has 0 amide bonds. The fourth-order valence-corrected chi connectivity index (χ4v) is 5.56. The molecule has 0 saturated carbocycles. The van der Waals surface area contributed by atoms with Crippen LogP contribution in [-0.4, -0.2) is 8.07 Å². The molecule has 2 aromatic rings. The molecule has 0 aliphatic carbocycles. The molecule has 0 bridgehead atoms. The van der Waals surface area contributed by atoms with Crippen molar-refractivity contribution in [3.8, 4) is 0 Å². The van der Waals surface area contributed by atoms with Gasteiger partial charge in [-0.1, -0.05) is 68.9 Å². The van der Waals surface area contributed by atoms with Gasteiger partial charge in [-0.3, -0.25) is 0 Å². The van der Waals surface area contributed by atoms with E-state index in [9.17, 15) is 0 Å². The fourth-order valence-electron chi connectivity index (χ4n) is 2.55. The molecule has 0 aliphatic heterocycles. The number of benzene rings is 1. The number of halogens is 2. The van der Waals surface area contributed by atoms with Gasteiger partial charge in [0.2, 0.25) is 0 Å². The molecular weight excluding hydrogens is 394 g/mol. The van der Waals surface area contributed by atoms with E-state index in [2.05, 4.69) is 75.8 Å². The monoisotopic (exact) mass is 415 g/mol. The number of hydrogen-bond acceptors (Lipinski definition) is 0. The van der Waals surface area contributed by atoms with Gasteiger partial charge in [-0.2, -0.15) is 22.9 Å². The molecule has 1 unspecified atom stereocenters. The molecule has 0 nitrogen and oxygen atoms in total. The van der Waals surface area contributed by atoms with Crippen molar-refractivity contribution >= 4 is 18.4 Å². The first kappa shape index (κ1) is 23.5. The van der Waals surface area contributed by atoms with E-state index in [1.807, 2.05) is 0 Å². The number of hydrogen-bond donors (Lipinski definition) is 0. The molecule has 0 aliphatic rings. The third-order valence-corrected chi connectivity index (χ3v) is 8.81. The van der Waals surface area contributed by atoms with Gasteiger partial charge in [0.25, 0.3) is 0 Å². The third kappa shape index (κ3) is 5.13. The predicted octanol–water partition coefficient (Wildman–Crippen LogP) is -2.25. The molecule has 21 heavy (non-hydrogen) atoms. The van der Waals surface area contributed by atoms with Crippen molar-refractivity contribution < 1.29 is 51.0 Å². The van der Waals surface area contributed by atoms with Crippen molar-refractivity contribution in [2.75, 3.05) is 0 Å². The largest absolute Gasteiger partial charge is 3.00 e. The molecule has 0 N–H and O–H groups in total. The van der Waals surface area contributed by atoms with E-state index in [0.717, 1.165) is 0 Å². The van der Waals surface area contributed by atoms with Crippen LogP contribution in [0.3, 0.4) is 0 Å². The van der Waals surface area contributed by atoms with Crippen molar-refractivity contribution in [1.29, 1.82) is 0 Å². The maximum Gasteiger partial charge on any atom is 3.00 e. The summed E-state index contributed by atoms with van der Waals surface area (Å²) in [6.45, 7) is 9.36. The van der Waals surface area contributed by atoms with E-state index in [-0.39, 0.29) is 51.0 Å². The molecule has 1 atom stereocenters. The fraction of sp³-hybridized carbons (Fsp3) is 0.353. The average molecular weight is 418 g/mol. The second-order valence-electron chi connectivity index (χ2n) is 5.64. The molecule has 0 heterocycles. The molecule has 0 spiro atoms. The van der Waals surface area contributed by atoms with Gasteiger partial charge in [0.1, 0.15) is 0 Å². The van der Waals surface area contributed by atoms with Crippen LogP contribution in [-0.2, 0) is 26.2 Å². The zero-order chi connectivity index (χ0) is 13.2. The first-order chi connectivity index (χ1) is 8.58. The van der Waals surface area contributed by atoms with Gasteiger partial charge in [-0.25, -0.2) is 6.07 Å². The van der Waals surface area contributed by atoms with Crippen molar-refractivity contribution in [3.63, 3.8) is 0 Å². The molecule has 1 radical (unpaired) electrons. The van der Waals surface area contributed by atoms with E-state index in [0.29, 0.717) is 5.92 Å². The van der Waals surface area contributed by atoms with Gasteiger partial charge >= 0.3 is 26.2 Å². The molecule has 4 heteroatoms. The maximum atomic E-state index is 2.49. The van der Waals surface area contributed by atoms with Gasteiger partial charge in [0.15, 0.2) is 0 Å². The van der Waals surface area contributed by atoms with Gasteiger partial charge in [0.05, 0.1) is 0 Å². The van der Waals surface area contributed by atoms with Crippen LogP contribution in [0.1, 0.15) is 32.3 Å². The second kappa shape index (κ2) is 10.1. The summed E-state index contributed by atoms with van der Waals surface area (Å²) >= 11 is 0. The Morgan fingerprint density at radius 3 is 2.05 bits per heavy atom. The smallest absolute Gasteiger partial charge is 1.00 e. The quantitative estimate of drug-likeness (QED) is 0.390. The first-order valence-electron chi connectivity index (χ1n) is 6.90. The van der Waals surface area contributed by atoms with Crippen LogP contribution in [0.15, 0.2) is 48.5 Å². The first-order valence-corrected chi connectivity index (χ1v) is 9.61. The van der Waals surface area contributed by atoms with Crippen LogP contribution in [0.4, 0.5) is 0 Å². The van der Waals surface area contributed by atoms with Gasteiger partial charge in [-0.05, 0) is 5.92 Å². The third-order valence-electron chi connectivity index (χ3n) is 4.20. The van der Waals surface area contributed by atoms with Crippen LogP contribution < -0.4 is 35.2 Å². The maximum absolute atomic E-state index is 2.49. The van der Waals surface area contributed by atoms with E-state index < -0.39 is 8.07 Å². The van der Waals surface area contributed by atoms with Crippen LogP contribution in [0, 0.1) is 0 Å². The molecule has 0 saturated heterocycles. The molecule has 0 fully saturated rings. The van der Waals surface area contributed by atoms with E-state index in [1.54, 1.807) is 10.4 Å². The normalized spacial score (nSPS) is 12.6. The van der Waals surface area contributed by atoms with Crippen LogP contribution in [0.25, 0.3) is 0 Å². The zero-order valence-corrected chi connectivity index (χ0v) is 18.1. The summed E-state index contributed by atoms with van der Waals surface area (Å²) in [6.07, 6.45) is 0. The summed E-state index contributed by atoms with van der Waals surface area (Å²) in [5, 5.41) is 3.13. The van der Waals surface area contributed by atoms with Crippen molar-refractivity contribution in [2.45, 2.75) is 39.3 Å². The van der Waals surface area contributed by atoms with E-state index >= 15 is 0 Å². The topological polar surface area (TPSA) is 0 Å². The molecule has 113 valence electrons. The van der Waals surface area contributed by atoms with Crippen molar-refractivity contribution in [1.82, 2.24) is 0 Å². The van der Waals surface area contributed by atoms with Gasteiger partial charge < -0.3 is 24.8 Å². The SMILES string of the molecule is CC[Si](C)(c1ccccc1)c1c[cH-]c(C(C)C)c1.[Cl-].[Cl-].[Zr+3]. The van der Waals surface area contributed by atoms with E-state index in [1.165, 1.54) is 11.6 Å². The van der Waals surface area contributed by atoms with Crippen molar-refractivity contribution in [2.24, 2.45) is 0 Å². The summed E-state index contributed by atoms with van der Waals surface area (Å²) in [7, 11) is -1.50. The average Bonchev–Trinajstić information content (AvgIpc) is 2.89. The second-order valence-corrected chi connectivity index (χ2v) is 10.2. The Bertz CT molecular complexity index is 511. The summed E-state index contributed by atoms with van der Waals surface area (Å²) in [4.78, 5) is 0. The number of rotatable bonds is 4. The summed E-state index contributed by atoms with van der Waals surface area (Å²) in [5.74, 6) is 0.629. The Balaban J connectivity index is 0. The minimum atomic E-state index is -1.50. The van der Waals surface area contributed by atoms with Gasteiger partial charge in [-0.15, -0.1) is 0 Å². The minimum Gasteiger partial charge on any atom is -1.00 e. The van der Waals surface area contributed by atoms with Crippen LogP contribution in [0.2, 0.25) is 12.6 Å². The predicted molar refractivity (Wildman–Crippen MR) is 83.9 cm³/mol. The Morgan fingerprint density at radius 2 is 1.62 bits per heavy atom. The molecule has 2 rings (SSSR count). The Morgan fingerprint density at radius 1 is 1.05 bits per heavy atom. The Hall–Kier alpha value is 0.250. The van der Waals surface area contributed by atoms with Crippen molar-refractivity contribution in [3.05, 3.63) is 54.1 Å². The van der Waals surface area contributed by atoms with E-state index in [4.69, 9.17) is 0 Å². The summed E-state index contributed by atoms with van der Waals surface area (Å²) < 4.78 is 0. The summed E-state index contributed by atoms with van der Waals surface area (Å²) in [6, 6.07) is 19.4. The molecule has 0 aromatic heterocycles.